The average molecular weight is 806 g/mol. The lowest BCUT2D eigenvalue weighted by molar-refractivity contribution is 0.723. The Morgan fingerprint density at radius 1 is 0.323 bits per heavy atom. The molecule has 2 aromatic heterocycles. The second kappa shape index (κ2) is 13.7. The van der Waals surface area contributed by atoms with Crippen molar-refractivity contribution in [3.63, 3.8) is 0 Å². The van der Waals surface area contributed by atoms with E-state index in [9.17, 15) is 0 Å². The molecule has 0 amide bonds. The van der Waals surface area contributed by atoms with Crippen molar-refractivity contribution in [2.24, 2.45) is 0 Å². The molecule has 288 valence electrons. The smallest absolute Gasteiger partial charge is 0.160 e. The third kappa shape index (κ3) is 5.11. The standard InChI is InChI=1S/C58H35N3S/c1-2-14-40(15-3-1)57-60-50-23-11-6-18-43(50)55(61-57)38-30-26-36(27-31-38)37-28-32-39(33-29-37)56-44-34-35-48-54(53(44)42-17-5-10-22-49(42)59-56)41-16-4-7-19-45(41)58(48)46-20-8-12-24-51(46)62-52-25-13-9-21-47(52)58/h1-35H. The molecule has 1 aliphatic heterocycles. The second-order valence-electron chi connectivity index (χ2n) is 16.2. The fraction of sp³-hybridized carbons (Fsp3) is 0.0172. The third-order valence-corrected chi connectivity index (χ3v) is 14.1. The van der Waals surface area contributed by atoms with Crippen LogP contribution in [0.4, 0.5) is 0 Å². The molecule has 1 aliphatic carbocycles. The Morgan fingerprint density at radius 3 is 1.52 bits per heavy atom. The summed E-state index contributed by atoms with van der Waals surface area (Å²) in [5.41, 5.74) is 16.8. The van der Waals surface area contributed by atoms with Gasteiger partial charge in [0.1, 0.15) is 0 Å². The molecule has 13 rings (SSSR count). The number of hydrogen-bond donors (Lipinski definition) is 0. The summed E-state index contributed by atoms with van der Waals surface area (Å²) < 4.78 is 0. The van der Waals surface area contributed by atoms with E-state index in [0.29, 0.717) is 0 Å². The highest BCUT2D eigenvalue weighted by atomic mass is 32.2. The van der Waals surface area contributed by atoms with E-state index in [0.717, 1.165) is 66.8 Å². The van der Waals surface area contributed by atoms with Gasteiger partial charge in [-0.25, -0.2) is 15.0 Å². The van der Waals surface area contributed by atoms with E-state index in [2.05, 4.69) is 188 Å². The summed E-state index contributed by atoms with van der Waals surface area (Å²) in [5, 5.41) is 4.62. The first-order valence-electron chi connectivity index (χ1n) is 21.1. The zero-order valence-corrected chi connectivity index (χ0v) is 34.3. The molecule has 62 heavy (non-hydrogen) atoms. The van der Waals surface area contributed by atoms with Crippen LogP contribution in [0.5, 0.6) is 0 Å². The fourth-order valence-corrected chi connectivity index (χ4v) is 11.4. The quantitative estimate of drug-likeness (QED) is 0.166. The number of benzene rings is 9. The summed E-state index contributed by atoms with van der Waals surface area (Å²) in [7, 11) is 0. The zero-order chi connectivity index (χ0) is 40.8. The highest BCUT2D eigenvalue weighted by Gasteiger charge is 2.50. The van der Waals surface area contributed by atoms with Crippen molar-refractivity contribution in [2.45, 2.75) is 15.2 Å². The van der Waals surface area contributed by atoms with E-state index in [1.165, 1.54) is 53.9 Å². The molecule has 0 radical (unpaired) electrons. The van der Waals surface area contributed by atoms with Gasteiger partial charge in [-0.3, -0.25) is 0 Å². The molecule has 0 bridgehead atoms. The third-order valence-electron chi connectivity index (χ3n) is 13.0. The van der Waals surface area contributed by atoms with Crippen LogP contribution >= 0.6 is 11.8 Å². The lowest BCUT2D eigenvalue weighted by Gasteiger charge is -2.39. The first-order valence-corrected chi connectivity index (χ1v) is 21.9. The highest BCUT2D eigenvalue weighted by Crippen LogP contribution is 2.63. The summed E-state index contributed by atoms with van der Waals surface area (Å²) in [4.78, 5) is 18.0. The highest BCUT2D eigenvalue weighted by molar-refractivity contribution is 7.99. The Balaban J connectivity index is 0.945. The molecule has 1 spiro atoms. The van der Waals surface area contributed by atoms with Crippen LogP contribution < -0.4 is 0 Å². The van der Waals surface area contributed by atoms with Crippen molar-refractivity contribution in [3.8, 4) is 56.2 Å². The number of hydrogen-bond acceptors (Lipinski definition) is 4. The van der Waals surface area contributed by atoms with Crippen molar-refractivity contribution in [3.05, 3.63) is 235 Å². The van der Waals surface area contributed by atoms with Crippen LogP contribution in [0.2, 0.25) is 0 Å². The topological polar surface area (TPSA) is 38.7 Å². The average Bonchev–Trinajstić information content (AvgIpc) is 3.64. The van der Waals surface area contributed by atoms with Gasteiger partial charge in [0.05, 0.1) is 27.8 Å². The van der Waals surface area contributed by atoms with Crippen molar-refractivity contribution in [1.29, 1.82) is 0 Å². The maximum Gasteiger partial charge on any atom is 0.160 e. The van der Waals surface area contributed by atoms with Gasteiger partial charge in [-0.1, -0.05) is 200 Å². The van der Waals surface area contributed by atoms with E-state index in [4.69, 9.17) is 15.0 Å². The number of fused-ring (bicyclic) bond motifs is 14. The maximum atomic E-state index is 5.42. The Morgan fingerprint density at radius 2 is 0.839 bits per heavy atom. The van der Waals surface area contributed by atoms with E-state index < -0.39 is 5.41 Å². The van der Waals surface area contributed by atoms with Gasteiger partial charge in [-0.2, -0.15) is 0 Å². The van der Waals surface area contributed by atoms with Gasteiger partial charge in [-0.15, -0.1) is 0 Å². The number of aromatic nitrogens is 3. The Kier molecular flexibility index (Phi) is 7.75. The van der Waals surface area contributed by atoms with E-state index in [1.54, 1.807) is 0 Å². The molecule has 0 atom stereocenters. The van der Waals surface area contributed by atoms with Gasteiger partial charge in [0.2, 0.25) is 0 Å². The fourth-order valence-electron chi connectivity index (χ4n) is 10.3. The molecule has 3 heterocycles. The van der Waals surface area contributed by atoms with Crippen LogP contribution in [0.25, 0.3) is 88.7 Å². The van der Waals surface area contributed by atoms with Crippen molar-refractivity contribution in [1.82, 2.24) is 15.0 Å². The molecule has 11 aromatic rings. The summed E-state index contributed by atoms with van der Waals surface area (Å²) in [6, 6.07) is 76.7. The van der Waals surface area contributed by atoms with Crippen molar-refractivity contribution >= 4 is 44.3 Å². The molecule has 0 saturated carbocycles. The molecule has 0 fully saturated rings. The molecular formula is C58H35N3S. The largest absolute Gasteiger partial charge is 0.247 e. The zero-order valence-electron chi connectivity index (χ0n) is 33.5. The molecule has 4 heteroatoms. The lowest BCUT2D eigenvalue weighted by atomic mass is 9.67. The lowest BCUT2D eigenvalue weighted by Crippen LogP contribution is -2.31. The number of pyridine rings is 1. The Labute approximate surface area is 363 Å². The Hall–Kier alpha value is -7.66. The van der Waals surface area contributed by atoms with Crippen molar-refractivity contribution in [2.75, 3.05) is 0 Å². The summed E-state index contributed by atoms with van der Waals surface area (Å²) in [5.74, 6) is 0.728. The number of nitrogens with zero attached hydrogens (tertiary/aromatic N) is 3. The van der Waals surface area contributed by atoms with Gasteiger partial charge in [0, 0.05) is 48.0 Å². The summed E-state index contributed by atoms with van der Waals surface area (Å²) in [6.45, 7) is 0. The van der Waals surface area contributed by atoms with Crippen LogP contribution in [0.15, 0.2) is 222 Å². The minimum Gasteiger partial charge on any atom is -0.247 e. The van der Waals surface area contributed by atoms with Crippen LogP contribution in [-0.2, 0) is 5.41 Å². The Bertz CT molecular complexity index is 3550. The van der Waals surface area contributed by atoms with Crippen LogP contribution in [0.1, 0.15) is 22.3 Å². The van der Waals surface area contributed by atoms with E-state index in [1.807, 2.05) is 36.0 Å². The second-order valence-corrected chi connectivity index (χ2v) is 17.3. The van der Waals surface area contributed by atoms with E-state index in [-0.39, 0.29) is 0 Å². The molecule has 0 saturated heterocycles. The molecule has 0 unspecified atom stereocenters. The minimum atomic E-state index is -0.439. The maximum absolute atomic E-state index is 5.42. The van der Waals surface area contributed by atoms with Gasteiger partial charge in [0.25, 0.3) is 0 Å². The van der Waals surface area contributed by atoms with Gasteiger partial charge >= 0.3 is 0 Å². The van der Waals surface area contributed by atoms with Gasteiger partial charge in [-0.05, 0) is 68.8 Å². The summed E-state index contributed by atoms with van der Waals surface area (Å²) in [6.07, 6.45) is 0. The van der Waals surface area contributed by atoms with Crippen LogP contribution in [0, 0.1) is 0 Å². The number of rotatable bonds is 4. The normalized spacial score (nSPS) is 13.2. The monoisotopic (exact) mass is 805 g/mol. The van der Waals surface area contributed by atoms with Crippen LogP contribution in [0.3, 0.4) is 0 Å². The van der Waals surface area contributed by atoms with Gasteiger partial charge < -0.3 is 0 Å². The predicted octanol–water partition coefficient (Wildman–Crippen LogP) is 14.8. The molecular weight excluding hydrogens is 771 g/mol. The molecule has 2 aliphatic rings. The van der Waals surface area contributed by atoms with Gasteiger partial charge in [0.15, 0.2) is 5.82 Å². The van der Waals surface area contributed by atoms with Crippen molar-refractivity contribution < 1.29 is 0 Å². The first kappa shape index (κ1) is 35.1. The van der Waals surface area contributed by atoms with E-state index >= 15 is 0 Å². The predicted molar refractivity (Wildman–Crippen MR) is 256 cm³/mol. The first-order chi connectivity index (χ1) is 30.7. The molecule has 9 aromatic carbocycles. The molecule has 3 nitrogen and oxygen atoms in total. The number of para-hydroxylation sites is 2. The summed E-state index contributed by atoms with van der Waals surface area (Å²) >= 11 is 1.88. The molecule has 0 N–H and O–H groups in total. The minimum absolute atomic E-state index is 0.439. The van der Waals surface area contributed by atoms with Crippen LogP contribution in [-0.4, -0.2) is 15.0 Å². The SMILES string of the molecule is c1ccc(-c2nc(-c3ccc(-c4ccc(-c5nc6ccccc6c6c7c(ccc56)C5(c6ccccc6Sc6ccccc65)c5ccccc5-7)cc4)cc3)c3ccccc3n2)cc1.